The Labute approximate surface area is 249 Å². The maximum Gasteiger partial charge on any atom is 0.246 e. The van der Waals surface area contributed by atoms with Gasteiger partial charge in [0.2, 0.25) is 15.9 Å². The molecule has 0 aromatic heterocycles. The second-order valence-corrected chi connectivity index (χ2v) is 13.0. The summed E-state index contributed by atoms with van der Waals surface area (Å²) in [5.74, 6) is -0.283. The second kappa shape index (κ2) is 14.9. The zero-order chi connectivity index (χ0) is 29.2. The predicted octanol–water partition coefficient (Wildman–Crippen LogP) is 4.20. The van der Waals surface area contributed by atoms with Gasteiger partial charge in [-0.3, -0.25) is 9.69 Å². The van der Waals surface area contributed by atoms with E-state index in [9.17, 15) is 13.2 Å². The van der Waals surface area contributed by atoms with E-state index in [0.717, 1.165) is 74.0 Å². The van der Waals surface area contributed by atoms with Gasteiger partial charge in [-0.05, 0) is 40.3 Å². The number of morpholine rings is 1. The third kappa shape index (κ3) is 8.49. The highest BCUT2D eigenvalue weighted by atomic mass is 32.2. The Balaban J connectivity index is 1.06. The summed E-state index contributed by atoms with van der Waals surface area (Å²) in [4.78, 5) is 14.8. The molecule has 3 aromatic carbocycles. The van der Waals surface area contributed by atoms with Gasteiger partial charge < -0.3 is 14.8 Å². The standard InChI is InChI=1S/C33H41N3O5S/c37-33(34-23-27-13-15-28(16-14-27)24-35-18-20-40-21-19-35)26-41-25-31-11-3-4-17-36(31)42(38,39)22-6-10-30-9-5-8-29-7-1-2-12-32(29)30/h1-2,5-10,12-16,31H,3-4,11,17-26H2,(H,34,37). The molecule has 2 heterocycles. The number of ether oxygens (including phenoxy) is 2. The molecule has 5 rings (SSSR count). The van der Waals surface area contributed by atoms with Gasteiger partial charge in [0.25, 0.3) is 0 Å². The quantitative estimate of drug-likeness (QED) is 0.340. The van der Waals surface area contributed by atoms with Crippen molar-refractivity contribution in [1.29, 1.82) is 0 Å². The third-order valence-electron chi connectivity index (χ3n) is 7.92. The molecule has 0 saturated carbocycles. The second-order valence-electron chi connectivity index (χ2n) is 11.0. The SMILES string of the molecule is O=C(COCC1CCCCN1S(=O)(=O)CC=Cc1cccc2ccccc12)NCc1ccc(CN2CCOCC2)cc1. The van der Waals surface area contributed by atoms with Gasteiger partial charge in [-0.1, -0.05) is 85.3 Å². The molecule has 3 aromatic rings. The van der Waals surface area contributed by atoms with Gasteiger partial charge in [0.15, 0.2) is 0 Å². The molecule has 2 aliphatic heterocycles. The van der Waals surface area contributed by atoms with E-state index in [2.05, 4.69) is 22.3 Å². The first kappa shape index (κ1) is 30.4. The van der Waals surface area contributed by atoms with Gasteiger partial charge in [0.05, 0.1) is 25.6 Å². The number of nitrogens with one attached hydrogen (secondary N) is 1. The van der Waals surface area contributed by atoms with E-state index in [1.807, 2.05) is 60.7 Å². The van der Waals surface area contributed by atoms with Crippen LogP contribution in [0.25, 0.3) is 16.8 Å². The van der Waals surface area contributed by atoms with Crippen molar-refractivity contribution >= 4 is 32.8 Å². The van der Waals surface area contributed by atoms with E-state index in [0.29, 0.717) is 13.1 Å². The molecule has 1 atom stereocenters. The molecular weight excluding hydrogens is 550 g/mol. The van der Waals surface area contributed by atoms with Gasteiger partial charge in [0.1, 0.15) is 6.61 Å². The van der Waals surface area contributed by atoms with Crippen LogP contribution in [0.3, 0.4) is 0 Å². The van der Waals surface area contributed by atoms with Crippen LogP contribution in [0.1, 0.15) is 36.0 Å². The molecular formula is C33H41N3O5S. The molecule has 42 heavy (non-hydrogen) atoms. The van der Waals surface area contributed by atoms with Gasteiger partial charge in [0, 0.05) is 38.8 Å². The third-order valence-corrected chi connectivity index (χ3v) is 9.73. The Morgan fingerprint density at radius 2 is 1.71 bits per heavy atom. The number of benzene rings is 3. The number of amides is 1. The minimum atomic E-state index is -3.51. The van der Waals surface area contributed by atoms with Crippen molar-refractivity contribution in [2.75, 3.05) is 51.8 Å². The smallest absolute Gasteiger partial charge is 0.246 e. The minimum Gasteiger partial charge on any atom is -0.379 e. The summed E-state index contributed by atoms with van der Waals surface area (Å²) in [6.45, 7) is 5.37. The minimum absolute atomic E-state index is 0.0710. The average molecular weight is 592 g/mol. The lowest BCUT2D eigenvalue weighted by molar-refractivity contribution is -0.126. The molecule has 8 nitrogen and oxygen atoms in total. The molecule has 1 amide bonds. The Bertz CT molecular complexity index is 1450. The van der Waals surface area contributed by atoms with Crippen LogP contribution >= 0.6 is 0 Å². The number of fused-ring (bicyclic) bond motifs is 1. The first-order chi connectivity index (χ1) is 20.5. The molecule has 2 fully saturated rings. The van der Waals surface area contributed by atoms with Crippen molar-refractivity contribution in [1.82, 2.24) is 14.5 Å². The van der Waals surface area contributed by atoms with Crippen molar-refractivity contribution in [3.63, 3.8) is 0 Å². The first-order valence-electron chi connectivity index (χ1n) is 14.8. The number of hydrogen-bond donors (Lipinski definition) is 1. The summed E-state index contributed by atoms with van der Waals surface area (Å²) < 4.78 is 39.2. The number of rotatable bonds is 12. The molecule has 224 valence electrons. The maximum absolute atomic E-state index is 13.3. The van der Waals surface area contributed by atoms with E-state index in [1.165, 1.54) is 5.56 Å². The monoisotopic (exact) mass is 591 g/mol. The molecule has 0 radical (unpaired) electrons. The Morgan fingerprint density at radius 1 is 0.952 bits per heavy atom. The fourth-order valence-corrected chi connectivity index (χ4v) is 7.17. The van der Waals surface area contributed by atoms with Crippen LogP contribution in [0, 0.1) is 0 Å². The van der Waals surface area contributed by atoms with Gasteiger partial charge in [-0.15, -0.1) is 0 Å². The molecule has 0 spiro atoms. The number of piperidine rings is 1. The van der Waals surface area contributed by atoms with E-state index in [-0.39, 0.29) is 30.9 Å². The van der Waals surface area contributed by atoms with E-state index >= 15 is 0 Å². The fourth-order valence-electron chi connectivity index (χ4n) is 5.61. The largest absolute Gasteiger partial charge is 0.379 e. The summed E-state index contributed by atoms with van der Waals surface area (Å²) in [6.07, 6.45) is 6.11. The van der Waals surface area contributed by atoms with Gasteiger partial charge in [-0.25, -0.2) is 8.42 Å². The summed E-state index contributed by atoms with van der Waals surface area (Å²) in [7, 11) is -3.51. The Hall–Kier alpha value is -3.08. The molecule has 0 aliphatic carbocycles. The van der Waals surface area contributed by atoms with Crippen molar-refractivity contribution in [3.8, 4) is 0 Å². The number of carbonyl (C=O) groups is 1. The van der Waals surface area contributed by atoms with Crippen molar-refractivity contribution in [2.45, 2.75) is 38.4 Å². The van der Waals surface area contributed by atoms with Crippen LogP contribution in [0.5, 0.6) is 0 Å². The number of carbonyl (C=O) groups excluding carboxylic acids is 1. The summed E-state index contributed by atoms with van der Waals surface area (Å²) in [6, 6.07) is 22.1. The lowest BCUT2D eigenvalue weighted by Crippen LogP contribution is -2.47. The molecule has 9 heteroatoms. The van der Waals surface area contributed by atoms with Crippen LogP contribution in [-0.4, -0.2) is 81.4 Å². The van der Waals surface area contributed by atoms with Crippen LogP contribution < -0.4 is 5.32 Å². The molecule has 1 unspecified atom stereocenters. The summed E-state index contributed by atoms with van der Waals surface area (Å²) >= 11 is 0. The number of sulfonamides is 1. The normalized spacial score (nSPS) is 18.9. The Morgan fingerprint density at radius 3 is 2.55 bits per heavy atom. The van der Waals surface area contributed by atoms with Crippen LogP contribution in [0.2, 0.25) is 0 Å². The molecule has 2 saturated heterocycles. The maximum atomic E-state index is 13.3. The molecule has 1 N–H and O–H groups in total. The number of nitrogens with zero attached hydrogens (tertiary/aromatic N) is 2. The lowest BCUT2D eigenvalue weighted by atomic mass is 10.0. The predicted molar refractivity (Wildman–Crippen MR) is 166 cm³/mol. The van der Waals surface area contributed by atoms with E-state index in [1.54, 1.807) is 10.4 Å². The highest BCUT2D eigenvalue weighted by molar-refractivity contribution is 7.89. The molecule has 0 bridgehead atoms. The molecule has 2 aliphatic rings. The van der Waals surface area contributed by atoms with Gasteiger partial charge in [-0.2, -0.15) is 4.31 Å². The van der Waals surface area contributed by atoms with Crippen LogP contribution in [0.4, 0.5) is 0 Å². The average Bonchev–Trinajstić information content (AvgIpc) is 3.01. The van der Waals surface area contributed by atoms with Crippen molar-refractivity contribution < 1.29 is 22.7 Å². The van der Waals surface area contributed by atoms with E-state index < -0.39 is 10.0 Å². The highest BCUT2D eigenvalue weighted by Gasteiger charge is 2.31. The highest BCUT2D eigenvalue weighted by Crippen LogP contribution is 2.23. The zero-order valence-corrected chi connectivity index (χ0v) is 24.9. The van der Waals surface area contributed by atoms with Crippen LogP contribution in [0.15, 0.2) is 72.8 Å². The summed E-state index contributed by atoms with van der Waals surface area (Å²) in [5, 5.41) is 5.12. The number of hydrogen-bond acceptors (Lipinski definition) is 6. The fraction of sp³-hybridized carbons (Fsp3) is 0.424. The summed E-state index contributed by atoms with van der Waals surface area (Å²) in [5.41, 5.74) is 3.26. The van der Waals surface area contributed by atoms with Crippen LogP contribution in [-0.2, 0) is 37.4 Å². The first-order valence-corrected chi connectivity index (χ1v) is 16.4. The zero-order valence-electron chi connectivity index (χ0n) is 24.1. The van der Waals surface area contributed by atoms with Crippen molar-refractivity contribution in [3.05, 3.63) is 89.5 Å². The Kier molecular flexibility index (Phi) is 10.8. The topological polar surface area (TPSA) is 88.2 Å². The lowest BCUT2D eigenvalue weighted by Gasteiger charge is -2.34. The van der Waals surface area contributed by atoms with E-state index in [4.69, 9.17) is 9.47 Å². The van der Waals surface area contributed by atoms with Gasteiger partial charge >= 0.3 is 0 Å². The van der Waals surface area contributed by atoms with Crippen molar-refractivity contribution in [2.24, 2.45) is 0 Å².